The maximum atomic E-state index is 5.61. The number of morpholine rings is 1. The minimum atomic E-state index is 0. The number of guanidine groups is 1. The minimum absolute atomic E-state index is 0. The summed E-state index contributed by atoms with van der Waals surface area (Å²) in [6, 6.07) is 8.30. The third kappa shape index (κ3) is 6.41. The average molecular weight is 553 g/mol. The molecule has 1 aliphatic heterocycles. The van der Waals surface area contributed by atoms with Gasteiger partial charge < -0.3 is 15.4 Å². The van der Waals surface area contributed by atoms with Crippen LogP contribution in [0, 0.1) is 0 Å². The quantitative estimate of drug-likeness (QED) is 0.312. The first-order valence-corrected chi connectivity index (χ1v) is 11.6. The van der Waals surface area contributed by atoms with Crippen LogP contribution in [0.2, 0.25) is 0 Å². The molecule has 0 amide bonds. The van der Waals surface area contributed by atoms with E-state index in [1.807, 2.05) is 0 Å². The number of hydrogen-bond acceptors (Lipinski definition) is 5. The molecule has 32 heavy (non-hydrogen) atoms. The van der Waals surface area contributed by atoms with E-state index in [9.17, 15) is 0 Å². The van der Waals surface area contributed by atoms with Gasteiger partial charge in [0.15, 0.2) is 5.96 Å². The van der Waals surface area contributed by atoms with Crippen LogP contribution in [0.15, 0.2) is 41.9 Å². The maximum absolute atomic E-state index is 5.61. The van der Waals surface area contributed by atoms with Crippen molar-refractivity contribution in [2.24, 2.45) is 4.99 Å². The molecule has 176 valence electrons. The molecule has 0 atom stereocenters. The third-order valence-corrected chi connectivity index (χ3v) is 6.43. The van der Waals surface area contributed by atoms with E-state index < -0.39 is 0 Å². The van der Waals surface area contributed by atoms with Crippen LogP contribution in [0.5, 0.6) is 0 Å². The van der Waals surface area contributed by atoms with Crippen LogP contribution in [-0.4, -0.2) is 70.6 Å². The van der Waals surface area contributed by atoms with E-state index in [2.05, 4.69) is 56.8 Å². The highest BCUT2D eigenvalue weighted by molar-refractivity contribution is 14.0. The van der Waals surface area contributed by atoms with Gasteiger partial charge in [0.05, 0.1) is 25.4 Å². The molecule has 2 aromatic rings. The number of rotatable bonds is 7. The van der Waals surface area contributed by atoms with Gasteiger partial charge in [0.25, 0.3) is 0 Å². The molecule has 8 nitrogen and oxygen atoms in total. The van der Waals surface area contributed by atoms with Crippen molar-refractivity contribution in [1.29, 1.82) is 0 Å². The summed E-state index contributed by atoms with van der Waals surface area (Å²) in [5.41, 5.74) is 2.39. The van der Waals surface area contributed by atoms with E-state index in [1.54, 1.807) is 17.3 Å². The highest BCUT2D eigenvalue weighted by Gasteiger charge is 2.38. The SMILES string of the molecule is CCNC(=NCc1ccc(-n2cncn2)cc1)NCC1(N2CCOCC2)CCCCC1.I. The highest BCUT2D eigenvalue weighted by atomic mass is 127. The lowest BCUT2D eigenvalue weighted by molar-refractivity contribution is -0.0352. The van der Waals surface area contributed by atoms with Crippen LogP contribution in [0.1, 0.15) is 44.6 Å². The molecule has 2 fully saturated rings. The topological polar surface area (TPSA) is 79.6 Å². The molecule has 0 radical (unpaired) electrons. The Morgan fingerprint density at radius 3 is 2.50 bits per heavy atom. The minimum Gasteiger partial charge on any atom is -0.379 e. The standard InChI is InChI=1S/C23H35N7O.HI/c1-2-25-22(26-16-20-6-8-21(9-7-20)30-19-24-18-28-30)27-17-23(10-4-3-5-11-23)29-12-14-31-15-13-29;/h6-9,18-19H,2-5,10-17H2,1H3,(H2,25,26,27);1H. The van der Waals surface area contributed by atoms with Gasteiger partial charge in [-0.15, -0.1) is 24.0 Å². The zero-order valence-corrected chi connectivity index (χ0v) is 21.3. The van der Waals surface area contributed by atoms with Crippen molar-refractivity contribution < 1.29 is 4.74 Å². The van der Waals surface area contributed by atoms with Gasteiger partial charge in [-0.25, -0.2) is 14.7 Å². The first-order valence-electron chi connectivity index (χ1n) is 11.6. The molecule has 1 saturated heterocycles. The Balaban J connectivity index is 0.00000289. The van der Waals surface area contributed by atoms with Crippen LogP contribution >= 0.6 is 24.0 Å². The fourth-order valence-corrected chi connectivity index (χ4v) is 4.71. The monoisotopic (exact) mass is 553 g/mol. The van der Waals surface area contributed by atoms with Crippen molar-refractivity contribution >= 4 is 29.9 Å². The van der Waals surface area contributed by atoms with Gasteiger partial charge in [-0.3, -0.25) is 4.90 Å². The number of benzene rings is 1. The Kier molecular flexibility index (Phi) is 9.73. The van der Waals surface area contributed by atoms with E-state index in [0.717, 1.165) is 51.0 Å². The van der Waals surface area contributed by atoms with Crippen LogP contribution < -0.4 is 10.6 Å². The first kappa shape index (κ1) is 24.9. The summed E-state index contributed by atoms with van der Waals surface area (Å²) in [5, 5.41) is 11.3. The highest BCUT2D eigenvalue weighted by Crippen LogP contribution is 2.33. The summed E-state index contributed by atoms with van der Waals surface area (Å²) >= 11 is 0. The van der Waals surface area contributed by atoms with Crippen molar-refractivity contribution in [3.63, 3.8) is 0 Å². The van der Waals surface area contributed by atoms with Crippen molar-refractivity contribution in [2.75, 3.05) is 39.4 Å². The summed E-state index contributed by atoms with van der Waals surface area (Å²) in [7, 11) is 0. The molecule has 9 heteroatoms. The summed E-state index contributed by atoms with van der Waals surface area (Å²) in [6.45, 7) is 8.30. The number of aromatic nitrogens is 3. The van der Waals surface area contributed by atoms with Crippen LogP contribution in [0.3, 0.4) is 0 Å². The van der Waals surface area contributed by atoms with E-state index in [4.69, 9.17) is 9.73 Å². The fourth-order valence-electron chi connectivity index (χ4n) is 4.71. The van der Waals surface area contributed by atoms with E-state index in [-0.39, 0.29) is 29.5 Å². The molecule has 0 bridgehead atoms. The van der Waals surface area contributed by atoms with Crippen molar-refractivity contribution in [1.82, 2.24) is 30.3 Å². The number of hydrogen-bond donors (Lipinski definition) is 2. The molecule has 0 spiro atoms. The van der Waals surface area contributed by atoms with Crippen LogP contribution in [0.25, 0.3) is 5.69 Å². The van der Waals surface area contributed by atoms with Crippen molar-refractivity contribution in [3.8, 4) is 5.69 Å². The van der Waals surface area contributed by atoms with Gasteiger partial charge in [0, 0.05) is 31.7 Å². The lowest BCUT2D eigenvalue weighted by atomic mass is 9.80. The van der Waals surface area contributed by atoms with E-state index in [0.29, 0.717) is 6.54 Å². The summed E-state index contributed by atoms with van der Waals surface area (Å²) in [4.78, 5) is 11.5. The van der Waals surface area contributed by atoms with E-state index in [1.165, 1.54) is 37.7 Å². The van der Waals surface area contributed by atoms with Crippen LogP contribution in [0.4, 0.5) is 0 Å². The molecule has 1 aromatic heterocycles. The molecule has 2 aliphatic rings. The van der Waals surface area contributed by atoms with Gasteiger partial charge in [-0.1, -0.05) is 31.4 Å². The number of nitrogens with one attached hydrogen (secondary N) is 2. The summed E-state index contributed by atoms with van der Waals surface area (Å²) in [5.74, 6) is 0.890. The molecular weight excluding hydrogens is 517 g/mol. The largest absolute Gasteiger partial charge is 0.379 e. The second kappa shape index (κ2) is 12.5. The molecule has 4 rings (SSSR count). The summed E-state index contributed by atoms with van der Waals surface area (Å²) < 4.78 is 7.37. The Morgan fingerprint density at radius 2 is 1.84 bits per heavy atom. The average Bonchev–Trinajstić information content (AvgIpc) is 3.37. The predicted molar refractivity (Wildman–Crippen MR) is 138 cm³/mol. The summed E-state index contributed by atoms with van der Waals surface area (Å²) in [6.07, 6.45) is 9.73. The Labute approximate surface area is 208 Å². The number of nitrogens with zero attached hydrogens (tertiary/aromatic N) is 5. The maximum Gasteiger partial charge on any atom is 0.191 e. The third-order valence-electron chi connectivity index (χ3n) is 6.43. The Bertz CT molecular complexity index is 813. The Hall–Kier alpha value is -1.72. The van der Waals surface area contributed by atoms with Gasteiger partial charge in [-0.05, 0) is 37.5 Å². The lowest BCUT2D eigenvalue weighted by Gasteiger charge is -2.48. The number of ether oxygens (including phenoxy) is 1. The second-order valence-corrected chi connectivity index (χ2v) is 8.44. The normalized spacial score (nSPS) is 19.2. The zero-order chi connectivity index (χ0) is 21.4. The zero-order valence-electron chi connectivity index (χ0n) is 19.0. The molecule has 1 aliphatic carbocycles. The van der Waals surface area contributed by atoms with Gasteiger partial charge in [0.1, 0.15) is 12.7 Å². The second-order valence-electron chi connectivity index (χ2n) is 8.44. The first-order chi connectivity index (χ1) is 15.3. The molecular formula is C23H36IN7O. The number of halogens is 1. The molecule has 2 heterocycles. The van der Waals surface area contributed by atoms with Gasteiger partial charge >= 0.3 is 0 Å². The molecule has 0 unspecified atom stereocenters. The molecule has 1 saturated carbocycles. The Morgan fingerprint density at radius 1 is 1.09 bits per heavy atom. The van der Waals surface area contributed by atoms with Gasteiger partial charge in [-0.2, -0.15) is 5.10 Å². The van der Waals surface area contributed by atoms with Crippen molar-refractivity contribution in [2.45, 2.75) is 51.1 Å². The molecule has 1 aromatic carbocycles. The van der Waals surface area contributed by atoms with E-state index >= 15 is 0 Å². The van der Waals surface area contributed by atoms with Crippen molar-refractivity contribution in [3.05, 3.63) is 42.5 Å². The molecule has 2 N–H and O–H groups in total. The smallest absolute Gasteiger partial charge is 0.191 e. The predicted octanol–water partition coefficient (Wildman–Crippen LogP) is 2.98. The number of aliphatic imine (C=N–C) groups is 1. The van der Waals surface area contributed by atoms with Crippen LogP contribution in [-0.2, 0) is 11.3 Å². The van der Waals surface area contributed by atoms with Gasteiger partial charge in [0.2, 0.25) is 0 Å². The fraction of sp³-hybridized carbons (Fsp3) is 0.609. The lowest BCUT2D eigenvalue weighted by Crippen LogP contribution is -2.60.